The van der Waals surface area contributed by atoms with Crippen molar-refractivity contribution in [2.24, 2.45) is 0 Å². The SMILES string of the molecule is CN(Cc1ccc(N)cc1)c1ccc(Cl)s1. The van der Waals surface area contributed by atoms with Crippen molar-refractivity contribution in [3.63, 3.8) is 0 Å². The molecule has 0 aliphatic heterocycles. The van der Waals surface area contributed by atoms with Crippen LogP contribution in [0.15, 0.2) is 36.4 Å². The number of anilines is 2. The Morgan fingerprint density at radius 3 is 2.44 bits per heavy atom. The third kappa shape index (κ3) is 2.68. The second-order valence-electron chi connectivity index (χ2n) is 3.68. The molecular formula is C12H13ClN2S. The van der Waals surface area contributed by atoms with Gasteiger partial charge in [0.25, 0.3) is 0 Å². The monoisotopic (exact) mass is 252 g/mol. The molecule has 0 spiro atoms. The van der Waals surface area contributed by atoms with Crippen LogP contribution < -0.4 is 10.6 Å². The van der Waals surface area contributed by atoms with E-state index in [1.807, 2.05) is 36.4 Å². The first-order valence-electron chi connectivity index (χ1n) is 4.96. The zero-order chi connectivity index (χ0) is 11.5. The fourth-order valence-electron chi connectivity index (χ4n) is 1.48. The molecule has 0 radical (unpaired) electrons. The molecule has 0 aliphatic carbocycles. The van der Waals surface area contributed by atoms with Gasteiger partial charge in [-0.2, -0.15) is 0 Å². The van der Waals surface area contributed by atoms with Gasteiger partial charge in [0.05, 0.1) is 9.34 Å². The quantitative estimate of drug-likeness (QED) is 0.846. The lowest BCUT2D eigenvalue weighted by molar-refractivity contribution is 0.935. The van der Waals surface area contributed by atoms with Crippen molar-refractivity contribution in [3.8, 4) is 0 Å². The lowest BCUT2D eigenvalue weighted by atomic mass is 10.2. The highest BCUT2D eigenvalue weighted by molar-refractivity contribution is 7.19. The molecular weight excluding hydrogens is 240 g/mol. The van der Waals surface area contributed by atoms with E-state index in [1.54, 1.807) is 11.3 Å². The summed E-state index contributed by atoms with van der Waals surface area (Å²) in [5.41, 5.74) is 7.68. The van der Waals surface area contributed by atoms with Crippen LogP contribution in [0.2, 0.25) is 4.34 Å². The van der Waals surface area contributed by atoms with Gasteiger partial charge < -0.3 is 10.6 Å². The van der Waals surface area contributed by atoms with E-state index in [9.17, 15) is 0 Å². The molecule has 16 heavy (non-hydrogen) atoms. The Bertz CT molecular complexity index is 464. The van der Waals surface area contributed by atoms with E-state index in [2.05, 4.69) is 11.9 Å². The van der Waals surface area contributed by atoms with Crippen LogP contribution in [0, 0.1) is 0 Å². The van der Waals surface area contributed by atoms with E-state index in [1.165, 1.54) is 10.6 Å². The molecule has 2 aromatic rings. The Balaban J connectivity index is 2.07. The van der Waals surface area contributed by atoms with E-state index in [0.29, 0.717) is 0 Å². The van der Waals surface area contributed by atoms with E-state index >= 15 is 0 Å². The largest absolute Gasteiger partial charge is 0.399 e. The van der Waals surface area contributed by atoms with Crippen molar-refractivity contribution in [3.05, 3.63) is 46.3 Å². The minimum atomic E-state index is 0.797. The number of rotatable bonds is 3. The summed E-state index contributed by atoms with van der Waals surface area (Å²) >= 11 is 7.49. The van der Waals surface area contributed by atoms with Crippen LogP contribution in [-0.2, 0) is 6.54 Å². The van der Waals surface area contributed by atoms with Gasteiger partial charge in [-0.05, 0) is 29.8 Å². The number of hydrogen-bond acceptors (Lipinski definition) is 3. The molecule has 2 N–H and O–H groups in total. The maximum absolute atomic E-state index is 5.90. The summed E-state index contributed by atoms with van der Waals surface area (Å²) < 4.78 is 0.819. The zero-order valence-corrected chi connectivity index (χ0v) is 10.6. The molecule has 1 aromatic carbocycles. The lowest BCUT2D eigenvalue weighted by Crippen LogP contribution is -2.14. The number of nitrogens with zero attached hydrogens (tertiary/aromatic N) is 1. The van der Waals surface area contributed by atoms with Gasteiger partial charge in [0.1, 0.15) is 0 Å². The predicted octanol–water partition coefficient (Wildman–Crippen LogP) is 3.62. The first kappa shape index (κ1) is 11.3. The van der Waals surface area contributed by atoms with Crippen molar-refractivity contribution in [2.75, 3.05) is 17.7 Å². The topological polar surface area (TPSA) is 29.3 Å². The Labute approximate surface area is 104 Å². The normalized spacial score (nSPS) is 10.4. The lowest BCUT2D eigenvalue weighted by Gasteiger charge is -2.16. The Morgan fingerprint density at radius 2 is 1.88 bits per heavy atom. The van der Waals surface area contributed by atoms with Crippen molar-refractivity contribution in [1.82, 2.24) is 0 Å². The molecule has 0 unspecified atom stereocenters. The van der Waals surface area contributed by atoms with Crippen LogP contribution >= 0.6 is 22.9 Å². The van der Waals surface area contributed by atoms with Gasteiger partial charge in [-0.25, -0.2) is 0 Å². The summed E-state index contributed by atoms with van der Waals surface area (Å²) in [6.07, 6.45) is 0. The van der Waals surface area contributed by atoms with Crippen molar-refractivity contribution in [1.29, 1.82) is 0 Å². The van der Waals surface area contributed by atoms with E-state index in [4.69, 9.17) is 17.3 Å². The van der Waals surface area contributed by atoms with Gasteiger partial charge in [-0.15, -0.1) is 11.3 Å². The molecule has 4 heteroatoms. The van der Waals surface area contributed by atoms with Gasteiger partial charge in [0.15, 0.2) is 0 Å². The van der Waals surface area contributed by atoms with Crippen LogP contribution in [0.4, 0.5) is 10.7 Å². The fraction of sp³-hybridized carbons (Fsp3) is 0.167. The Morgan fingerprint density at radius 1 is 1.19 bits per heavy atom. The number of nitrogen functional groups attached to an aromatic ring is 1. The van der Waals surface area contributed by atoms with Crippen molar-refractivity contribution >= 4 is 33.6 Å². The number of halogens is 1. The smallest absolute Gasteiger partial charge is 0.0950 e. The minimum Gasteiger partial charge on any atom is -0.399 e. The number of benzene rings is 1. The maximum atomic E-state index is 5.90. The van der Waals surface area contributed by atoms with Crippen LogP contribution in [0.3, 0.4) is 0 Å². The van der Waals surface area contributed by atoms with Crippen LogP contribution in [-0.4, -0.2) is 7.05 Å². The fourth-order valence-corrected chi connectivity index (χ4v) is 2.48. The first-order valence-corrected chi connectivity index (χ1v) is 6.15. The van der Waals surface area contributed by atoms with Gasteiger partial charge in [0, 0.05) is 19.3 Å². The van der Waals surface area contributed by atoms with E-state index in [-0.39, 0.29) is 0 Å². The average molecular weight is 253 g/mol. The van der Waals surface area contributed by atoms with E-state index in [0.717, 1.165) is 16.6 Å². The molecule has 0 saturated carbocycles. The second kappa shape index (κ2) is 4.76. The minimum absolute atomic E-state index is 0.797. The standard InChI is InChI=1S/C12H13ClN2S/c1-15(12-7-6-11(13)16-12)8-9-2-4-10(14)5-3-9/h2-7H,8,14H2,1H3. The molecule has 0 atom stereocenters. The second-order valence-corrected chi connectivity index (χ2v) is 5.37. The Kier molecular flexibility index (Phi) is 3.36. The van der Waals surface area contributed by atoms with Gasteiger partial charge >= 0.3 is 0 Å². The molecule has 2 rings (SSSR count). The highest BCUT2D eigenvalue weighted by atomic mass is 35.5. The summed E-state index contributed by atoms with van der Waals surface area (Å²) in [5, 5.41) is 1.17. The van der Waals surface area contributed by atoms with Crippen LogP contribution in [0.25, 0.3) is 0 Å². The van der Waals surface area contributed by atoms with E-state index < -0.39 is 0 Å². The molecule has 0 amide bonds. The number of hydrogen-bond donors (Lipinski definition) is 1. The summed E-state index contributed by atoms with van der Waals surface area (Å²) in [6, 6.07) is 11.9. The molecule has 2 nitrogen and oxygen atoms in total. The van der Waals surface area contributed by atoms with Crippen molar-refractivity contribution in [2.45, 2.75) is 6.54 Å². The number of thiophene rings is 1. The molecule has 1 heterocycles. The van der Waals surface area contributed by atoms with Crippen LogP contribution in [0.5, 0.6) is 0 Å². The zero-order valence-electron chi connectivity index (χ0n) is 8.98. The molecule has 84 valence electrons. The maximum Gasteiger partial charge on any atom is 0.0950 e. The van der Waals surface area contributed by atoms with Crippen molar-refractivity contribution < 1.29 is 0 Å². The Hall–Kier alpha value is -1.19. The first-order chi connectivity index (χ1) is 7.65. The van der Waals surface area contributed by atoms with Gasteiger partial charge in [0.2, 0.25) is 0 Å². The summed E-state index contributed by atoms with van der Waals surface area (Å²) in [4.78, 5) is 2.17. The molecule has 1 aromatic heterocycles. The highest BCUT2D eigenvalue weighted by Gasteiger charge is 2.04. The average Bonchev–Trinajstić information content (AvgIpc) is 2.68. The summed E-state index contributed by atoms with van der Waals surface area (Å²) in [6.45, 7) is 0.858. The molecule has 0 aliphatic rings. The third-order valence-electron chi connectivity index (χ3n) is 2.33. The predicted molar refractivity (Wildman–Crippen MR) is 72.3 cm³/mol. The van der Waals surface area contributed by atoms with Gasteiger partial charge in [-0.3, -0.25) is 0 Å². The molecule has 0 saturated heterocycles. The molecule has 0 bridgehead atoms. The third-order valence-corrected chi connectivity index (χ3v) is 3.68. The molecule has 0 fully saturated rings. The highest BCUT2D eigenvalue weighted by Crippen LogP contribution is 2.29. The van der Waals surface area contributed by atoms with Crippen LogP contribution in [0.1, 0.15) is 5.56 Å². The summed E-state index contributed by atoms with van der Waals surface area (Å²) in [5.74, 6) is 0. The van der Waals surface area contributed by atoms with Gasteiger partial charge in [-0.1, -0.05) is 23.7 Å². The number of nitrogens with two attached hydrogens (primary N) is 1. The summed E-state index contributed by atoms with van der Waals surface area (Å²) in [7, 11) is 2.05.